The first-order valence-electron chi connectivity index (χ1n) is 10.2. The molecule has 10 nitrogen and oxygen atoms in total. The van der Waals surface area contributed by atoms with Crippen molar-refractivity contribution in [2.24, 2.45) is 11.5 Å². The van der Waals surface area contributed by atoms with Crippen molar-refractivity contribution in [2.45, 2.75) is 43.9 Å². The van der Waals surface area contributed by atoms with Crippen LogP contribution < -0.4 is 16.8 Å². The molecule has 0 aliphatic carbocycles. The van der Waals surface area contributed by atoms with Crippen LogP contribution in [0.5, 0.6) is 0 Å². The number of aromatic nitrogens is 2. The van der Waals surface area contributed by atoms with E-state index in [1.807, 2.05) is 30.3 Å². The normalized spacial score (nSPS) is 16.4. The number of nitrogens with two attached hydrogens (primary N) is 2. The monoisotopic (exact) mass is 428 g/mol. The number of rotatable bonds is 8. The van der Waals surface area contributed by atoms with E-state index < -0.39 is 30.1 Å². The van der Waals surface area contributed by atoms with Crippen molar-refractivity contribution in [1.82, 2.24) is 20.2 Å². The van der Waals surface area contributed by atoms with E-state index in [4.69, 9.17) is 16.2 Å². The standard InChI is InChI=1S/C21H28N6O4/c22-15-6-8-27(9-7-15)21(30)31-18(10-14-4-2-1-3-5-14)20(29)26-17(19(23)28)11-16-12-24-13-25-16/h1-5,12-13,15,17-18H,6-11,22H2,(H2,23,28)(H,24,25)(H,26,29)/t17-,18-/m0/s1. The lowest BCUT2D eigenvalue weighted by atomic mass is 10.1. The predicted molar refractivity (Wildman–Crippen MR) is 113 cm³/mol. The highest BCUT2D eigenvalue weighted by molar-refractivity contribution is 5.89. The third-order valence-electron chi connectivity index (χ3n) is 5.24. The van der Waals surface area contributed by atoms with Crippen molar-refractivity contribution in [3.8, 4) is 0 Å². The summed E-state index contributed by atoms with van der Waals surface area (Å²) >= 11 is 0. The maximum Gasteiger partial charge on any atom is 0.410 e. The van der Waals surface area contributed by atoms with E-state index >= 15 is 0 Å². The molecular formula is C21H28N6O4. The quantitative estimate of drug-likeness (QED) is 0.467. The Hall–Kier alpha value is -3.40. The molecule has 3 rings (SSSR count). The van der Waals surface area contributed by atoms with Crippen LogP contribution in [0.2, 0.25) is 0 Å². The summed E-state index contributed by atoms with van der Waals surface area (Å²) in [6, 6.07) is 8.29. The molecule has 0 spiro atoms. The average Bonchev–Trinajstić information content (AvgIpc) is 3.27. The van der Waals surface area contributed by atoms with Gasteiger partial charge in [-0.1, -0.05) is 30.3 Å². The molecule has 1 aliphatic heterocycles. The number of benzene rings is 1. The molecule has 2 atom stereocenters. The summed E-state index contributed by atoms with van der Waals surface area (Å²) in [5.41, 5.74) is 12.8. The van der Waals surface area contributed by atoms with Gasteiger partial charge in [0.2, 0.25) is 5.91 Å². The van der Waals surface area contributed by atoms with Crippen LogP contribution in [0.15, 0.2) is 42.9 Å². The maximum absolute atomic E-state index is 13.0. The van der Waals surface area contributed by atoms with Crippen molar-refractivity contribution >= 4 is 17.9 Å². The number of aromatic amines is 1. The number of imidazole rings is 1. The number of ether oxygens (including phenoxy) is 1. The van der Waals surface area contributed by atoms with E-state index in [9.17, 15) is 14.4 Å². The van der Waals surface area contributed by atoms with Crippen LogP contribution in [0, 0.1) is 0 Å². The van der Waals surface area contributed by atoms with Gasteiger partial charge in [-0.25, -0.2) is 9.78 Å². The summed E-state index contributed by atoms with van der Waals surface area (Å²) in [4.78, 5) is 45.9. The second-order valence-corrected chi connectivity index (χ2v) is 7.63. The van der Waals surface area contributed by atoms with Crippen LogP contribution in [0.4, 0.5) is 4.79 Å². The number of likely N-dealkylation sites (tertiary alicyclic amines) is 1. The van der Waals surface area contributed by atoms with Gasteiger partial charge in [0.15, 0.2) is 6.10 Å². The van der Waals surface area contributed by atoms with E-state index in [-0.39, 0.29) is 18.9 Å². The van der Waals surface area contributed by atoms with E-state index in [0.717, 1.165) is 5.56 Å². The van der Waals surface area contributed by atoms with E-state index in [1.54, 1.807) is 11.1 Å². The third kappa shape index (κ3) is 6.54. The van der Waals surface area contributed by atoms with Crippen LogP contribution in [-0.2, 0) is 27.2 Å². The minimum atomic E-state index is -1.12. The third-order valence-corrected chi connectivity index (χ3v) is 5.24. The summed E-state index contributed by atoms with van der Waals surface area (Å²) in [6.45, 7) is 0.951. The molecule has 1 aromatic heterocycles. The Balaban J connectivity index is 1.70. The number of carbonyl (C=O) groups is 3. The minimum absolute atomic E-state index is 0.0614. The maximum atomic E-state index is 13.0. The Kier molecular flexibility index (Phi) is 7.60. The minimum Gasteiger partial charge on any atom is -0.436 e. The second kappa shape index (κ2) is 10.6. The predicted octanol–water partition coefficient (Wildman–Crippen LogP) is 0.0933. The molecule has 1 aliphatic rings. The molecule has 6 N–H and O–H groups in total. The summed E-state index contributed by atoms with van der Waals surface area (Å²) in [7, 11) is 0. The zero-order valence-corrected chi connectivity index (χ0v) is 17.2. The molecule has 1 saturated heterocycles. The zero-order chi connectivity index (χ0) is 22.2. The van der Waals surface area contributed by atoms with Crippen LogP contribution in [0.3, 0.4) is 0 Å². The fourth-order valence-corrected chi connectivity index (χ4v) is 3.40. The van der Waals surface area contributed by atoms with Crippen molar-refractivity contribution in [3.63, 3.8) is 0 Å². The molecule has 2 heterocycles. The first-order chi connectivity index (χ1) is 14.9. The van der Waals surface area contributed by atoms with Crippen molar-refractivity contribution in [1.29, 1.82) is 0 Å². The Morgan fingerprint density at radius 2 is 1.90 bits per heavy atom. The van der Waals surface area contributed by atoms with Gasteiger partial charge in [-0.05, 0) is 18.4 Å². The topological polar surface area (TPSA) is 156 Å². The van der Waals surface area contributed by atoms with E-state index in [0.29, 0.717) is 31.6 Å². The summed E-state index contributed by atoms with van der Waals surface area (Å²) < 4.78 is 5.57. The number of H-pyrrole nitrogens is 1. The SMILES string of the molecule is NC(=O)[C@H](Cc1cnc[nH]1)NC(=O)[C@H](Cc1ccccc1)OC(=O)N1CCC(N)CC1. The number of nitrogens with one attached hydrogen (secondary N) is 2. The van der Waals surface area contributed by atoms with Crippen molar-refractivity contribution < 1.29 is 19.1 Å². The van der Waals surface area contributed by atoms with Gasteiger partial charge in [0.25, 0.3) is 5.91 Å². The molecule has 10 heteroatoms. The van der Waals surface area contributed by atoms with Crippen LogP contribution in [0.25, 0.3) is 0 Å². The number of nitrogens with zero attached hydrogens (tertiary/aromatic N) is 2. The summed E-state index contributed by atoms with van der Waals surface area (Å²) in [5.74, 6) is -1.29. The van der Waals surface area contributed by atoms with E-state index in [1.165, 1.54) is 6.33 Å². The molecule has 1 fully saturated rings. The number of piperidine rings is 1. The Bertz CT molecular complexity index is 865. The zero-order valence-electron chi connectivity index (χ0n) is 17.2. The van der Waals surface area contributed by atoms with Gasteiger partial charge in [0, 0.05) is 43.9 Å². The molecule has 31 heavy (non-hydrogen) atoms. The van der Waals surface area contributed by atoms with Gasteiger partial charge in [0.05, 0.1) is 6.33 Å². The van der Waals surface area contributed by atoms with Gasteiger partial charge in [0.1, 0.15) is 6.04 Å². The summed E-state index contributed by atoms with van der Waals surface area (Å²) in [6.07, 6.45) is 3.00. The lowest BCUT2D eigenvalue weighted by Crippen LogP contribution is -2.52. The number of hydrogen-bond donors (Lipinski definition) is 4. The fraction of sp³-hybridized carbons (Fsp3) is 0.429. The largest absolute Gasteiger partial charge is 0.436 e. The molecule has 166 valence electrons. The highest BCUT2D eigenvalue weighted by Crippen LogP contribution is 2.13. The molecule has 0 unspecified atom stereocenters. The molecule has 0 radical (unpaired) electrons. The fourth-order valence-electron chi connectivity index (χ4n) is 3.40. The average molecular weight is 428 g/mol. The number of carbonyl (C=O) groups excluding carboxylic acids is 3. The molecule has 0 bridgehead atoms. The Morgan fingerprint density at radius 1 is 1.19 bits per heavy atom. The van der Waals surface area contributed by atoms with Crippen LogP contribution >= 0.6 is 0 Å². The van der Waals surface area contributed by atoms with E-state index in [2.05, 4.69) is 15.3 Å². The smallest absolute Gasteiger partial charge is 0.410 e. The van der Waals surface area contributed by atoms with Gasteiger partial charge in [-0.15, -0.1) is 0 Å². The lowest BCUT2D eigenvalue weighted by Gasteiger charge is -2.31. The number of amides is 3. The van der Waals surface area contributed by atoms with Crippen molar-refractivity contribution in [2.75, 3.05) is 13.1 Å². The van der Waals surface area contributed by atoms with Gasteiger partial charge >= 0.3 is 6.09 Å². The molecule has 3 amide bonds. The van der Waals surface area contributed by atoms with Gasteiger partial charge in [-0.3, -0.25) is 9.59 Å². The van der Waals surface area contributed by atoms with Gasteiger partial charge < -0.3 is 31.4 Å². The van der Waals surface area contributed by atoms with Crippen LogP contribution in [0.1, 0.15) is 24.1 Å². The highest BCUT2D eigenvalue weighted by Gasteiger charge is 2.30. The molecular weight excluding hydrogens is 400 g/mol. The Morgan fingerprint density at radius 3 is 2.52 bits per heavy atom. The molecule has 2 aromatic rings. The number of hydrogen-bond acceptors (Lipinski definition) is 6. The highest BCUT2D eigenvalue weighted by atomic mass is 16.6. The second-order valence-electron chi connectivity index (χ2n) is 7.63. The number of primary amides is 1. The first-order valence-corrected chi connectivity index (χ1v) is 10.2. The van der Waals surface area contributed by atoms with Crippen molar-refractivity contribution in [3.05, 3.63) is 54.1 Å². The lowest BCUT2D eigenvalue weighted by molar-refractivity contribution is -0.133. The summed E-state index contributed by atoms with van der Waals surface area (Å²) in [5, 5.41) is 2.61. The van der Waals surface area contributed by atoms with Gasteiger partial charge in [-0.2, -0.15) is 0 Å². The molecule has 0 saturated carbocycles. The Labute approximate surface area is 180 Å². The first kappa shape index (κ1) is 22.3. The molecule has 1 aromatic carbocycles. The van der Waals surface area contributed by atoms with Crippen LogP contribution in [-0.4, -0.2) is 64.1 Å².